The molecule has 0 bridgehead atoms. The van der Waals surface area contributed by atoms with E-state index in [9.17, 15) is 17.2 Å². The molecule has 0 aromatic carbocycles. The van der Waals surface area contributed by atoms with Gasteiger partial charge in [0.15, 0.2) is 0 Å². The molecule has 0 aliphatic heterocycles. The average Bonchev–Trinajstić information content (AvgIpc) is 2.70. The van der Waals surface area contributed by atoms with Crippen molar-refractivity contribution in [3.05, 3.63) is 42.5 Å². The van der Waals surface area contributed by atoms with Gasteiger partial charge in [0.25, 0.3) is 10.0 Å². The highest BCUT2D eigenvalue weighted by Gasteiger charge is 2.17. The summed E-state index contributed by atoms with van der Waals surface area (Å²) in [4.78, 5) is 2.87. The Morgan fingerprint density at radius 2 is 2.00 bits per heavy atom. The van der Waals surface area contributed by atoms with Crippen LogP contribution in [0, 0.1) is 11.9 Å². The number of pyridine rings is 1. The quantitative estimate of drug-likeness (QED) is 0.862. The monoisotopic (exact) mass is 273 g/mol. The highest BCUT2D eigenvalue weighted by molar-refractivity contribution is 7.92. The van der Waals surface area contributed by atoms with Gasteiger partial charge in [-0.1, -0.05) is 0 Å². The number of nitrogens with zero attached hydrogens (tertiary/aromatic N) is 2. The van der Waals surface area contributed by atoms with E-state index in [1.165, 1.54) is 23.0 Å². The molecule has 5 nitrogen and oxygen atoms in total. The third kappa shape index (κ3) is 2.48. The summed E-state index contributed by atoms with van der Waals surface area (Å²) in [5, 5.41) is 0. The van der Waals surface area contributed by atoms with Crippen LogP contribution < -0.4 is 4.72 Å². The Bertz CT molecular complexity index is 682. The van der Waals surface area contributed by atoms with E-state index in [1.54, 1.807) is 7.05 Å². The number of rotatable bonds is 3. The first-order chi connectivity index (χ1) is 8.38. The first kappa shape index (κ1) is 12.5. The van der Waals surface area contributed by atoms with Gasteiger partial charge in [-0.15, -0.1) is 0 Å². The molecule has 0 spiro atoms. The van der Waals surface area contributed by atoms with E-state index in [1.807, 2.05) is 4.72 Å². The minimum atomic E-state index is -3.90. The molecule has 0 saturated carbocycles. The van der Waals surface area contributed by atoms with Gasteiger partial charge in [-0.2, -0.15) is 13.8 Å². The fraction of sp³-hybridized carbons (Fsp3) is 0.100. The van der Waals surface area contributed by atoms with Crippen molar-refractivity contribution in [2.24, 2.45) is 7.05 Å². The van der Waals surface area contributed by atoms with E-state index in [4.69, 9.17) is 0 Å². The van der Waals surface area contributed by atoms with Crippen LogP contribution in [-0.2, 0) is 17.1 Å². The van der Waals surface area contributed by atoms with Crippen LogP contribution >= 0.6 is 0 Å². The number of halogens is 2. The van der Waals surface area contributed by atoms with E-state index in [2.05, 4.69) is 4.98 Å². The zero-order valence-corrected chi connectivity index (χ0v) is 10.1. The normalized spacial score (nSPS) is 11.5. The summed E-state index contributed by atoms with van der Waals surface area (Å²) < 4.78 is 53.0. The van der Waals surface area contributed by atoms with E-state index in [0.717, 1.165) is 12.1 Å². The molecule has 8 heteroatoms. The van der Waals surface area contributed by atoms with Crippen molar-refractivity contribution >= 4 is 15.7 Å². The Kier molecular flexibility index (Phi) is 3.04. The maximum atomic E-state index is 13.2. The summed E-state index contributed by atoms with van der Waals surface area (Å²) >= 11 is 0. The first-order valence-electron chi connectivity index (χ1n) is 4.85. The molecule has 0 radical (unpaired) electrons. The first-order valence-corrected chi connectivity index (χ1v) is 6.33. The molecule has 1 N–H and O–H groups in total. The van der Waals surface area contributed by atoms with Crippen LogP contribution in [0.3, 0.4) is 0 Å². The van der Waals surface area contributed by atoms with Crippen molar-refractivity contribution in [1.29, 1.82) is 0 Å². The number of hydrogen-bond acceptors (Lipinski definition) is 3. The summed E-state index contributed by atoms with van der Waals surface area (Å²) in [6.07, 6.45) is 2.89. The molecule has 0 fully saturated rings. The standard InChI is InChI=1S/C10H9F2N3O2S/c1-15-5-4-7(6-15)18(16,17)14-8-2-3-9(11)13-10(8)12/h2-6,14H,1H3. The fourth-order valence-electron chi connectivity index (χ4n) is 1.33. The summed E-state index contributed by atoms with van der Waals surface area (Å²) in [7, 11) is -2.25. The molecule has 2 rings (SSSR count). The lowest BCUT2D eigenvalue weighted by Gasteiger charge is -2.06. The van der Waals surface area contributed by atoms with Gasteiger partial charge in [-0.05, 0) is 18.2 Å². The van der Waals surface area contributed by atoms with Gasteiger partial charge in [0, 0.05) is 19.4 Å². The minimum absolute atomic E-state index is 0.0197. The number of sulfonamides is 1. The number of hydrogen-bond donors (Lipinski definition) is 1. The van der Waals surface area contributed by atoms with Crippen molar-refractivity contribution in [2.75, 3.05) is 4.72 Å². The predicted molar refractivity (Wildman–Crippen MR) is 60.4 cm³/mol. The summed E-state index contributed by atoms with van der Waals surface area (Å²) in [6.45, 7) is 0. The minimum Gasteiger partial charge on any atom is -0.356 e. The maximum absolute atomic E-state index is 13.2. The maximum Gasteiger partial charge on any atom is 0.263 e. The number of anilines is 1. The van der Waals surface area contributed by atoms with Gasteiger partial charge in [-0.25, -0.2) is 8.42 Å². The molecule has 2 heterocycles. The van der Waals surface area contributed by atoms with Crippen LogP contribution in [0.25, 0.3) is 0 Å². The van der Waals surface area contributed by atoms with Crippen molar-refractivity contribution in [2.45, 2.75) is 4.90 Å². The van der Waals surface area contributed by atoms with E-state index in [-0.39, 0.29) is 4.90 Å². The molecule has 2 aromatic rings. The van der Waals surface area contributed by atoms with E-state index < -0.39 is 27.6 Å². The van der Waals surface area contributed by atoms with Crippen LogP contribution in [0.2, 0.25) is 0 Å². The van der Waals surface area contributed by atoms with Crippen molar-refractivity contribution in [1.82, 2.24) is 9.55 Å². The summed E-state index contributed by atoms with van der Waals surface area (Å²) in [5.74, 6) is -2.23. The molecular weight excluding hydrogens is 264 g/mol. The molecule has 0 aliphatic carbocycles. The van der Waals surface area contributed by atoms with Gasteiger partial charge in [0.05, 0.1) is 0 Å². The lowest BCUT2D eigenvalue weighted by Crippen LogP contribution is -2.14. The predicted octanol–water partition coefficient (Wildman–Crippen LogP) is 1.50. The van der Waals surface area contributed by atoms with Gasteiger partial charge < -0.3 is 4.57 Å². The second-order valence-electron chi connectivity index (χ2n) is 3.59. The molecule has 96 valence electrons. The van der Waals surface area contributed by atoms with Gasteiger partial charge in [-0.3, -0.25) is 4.72 Å². The van der Waals surface area contributed by atoms with Gasteiger partial charge in [0.1, 0.15) is 10.6 Å². The lowest BCUT2D eigenvalue weighted by atomic mass is 10.4. The van der Waals surface area contributed by atoms with Crippen molar-refractivity contribution in [3.63, 3.8) is 0 Å². The SMILES string of the molecule is Cn1ccc(S(=O)(=O)Nc2ccc(F)nc2F)c1. The van der Waals surface area contributed by atoms with Crippen LogP contribution in [-0.4, -0.2) is 18.0 Å². The molecule has 0 amide bonds. The highest BCUT2D eigenvalue weighted by Crippen LogP contribution is 2.18. The molecule has 0 unspecified atom stereocenters. The topological polar surface area (TPSA) is 64.0 Å². The lowest BCUT2D eigenvalue weighted by molar-refractivity contribution is 0.515. The Morgan fingerprint density at radius 1 is 1.28 bits per heavy atom. The molecule has 0 atom stereocenters. The van der Waals surface area contributed by atoms with Crippen molar-refractivity contribution in [3.8, 4) is 0 Å². The zero-order valence-electron chi connectivity index (χ0n) is 9.26. The molecule has 0 aliphatic rings. The smallest absolute Gasteiger partial charge is 0.263 e. The zero-order chi connectivity index (χ0) is 13.3. The molecule has 0 saturated heterocycles. The Morgan fingerprint density at radius 3 is 2.56 bits per heavy atom. The second kappa shape index (κ2) is 4.37. The highest BCUT2D eigenvalue weighted by atomic mass is 32.2. The second-order valence-corrected chi connectivity index (χ2v) is 5.27. The fourth-order valence-corrected chi connectivity index (χ4v) is 2.43. The molecular formula is C10H9F2N3O2S. The van der Waals surface area contributed by atoms with Crippen LogP contribution in [0.4, 0.5) is 14.5 Å². The van der Waals surface area contributed by atoms with E-state index >= 15 is 0 Å². The van der Waals surface area contributed by atoms with Gasteiger partial charge in [0.2, 0.25) is 11.9 Å². The third-order valence-corrected chi connectivity index (χ3v) is 3.52. The molecule has 2 aromatic heterocycles. The van der Waals surface area contributed by atoms with Crippen molar-refractivity contribution < 1.29 is 17.2 Å². The number of aryl methyl sites for hydroxylation is 1. The van der Waals surface area contributed by atoms with Crippen LogP contribution in [0.5, 0.6) is 0 Å². The number of aromatic nitrogens is 2. The summed E-state index contributed by atoms with van der Waals surface area (Å²) in [6, 6.07) is 3.20. The summed E-state index contributed by atoms with van der Waals surface area (Å²) in [5.41, 5.74) is -0.403. The van der Waals surface area contributed by atoms with Crippen LogP contribution in [0.15, 0.2) is 35.5 Å². The van der Waals surface area contributed by atoms with Gasteiger partial charge >= 0.3 is 0 Å². The van der Waals surface area contributed by atoms with Crippen LogP contribution in [0.1, 0.15) is 0 Å². The third-order valence-electron chi connectivity index (χ3n) is 2.17. The largest absolute Gasteiger partial charge is 0.356 e. The average molecular weight is 273 g/mol. The Hall–Kier alpha value is -1.96. The Balaban J connectivity index is 2.33. The van der Waals surface area contributed by atoms with E-state index in [0.29, 0.717) is 0 Å². The number of nitrogens with one attached hydrogen (secondary N) is 1. The molecule has 18 heavy (non-hydrogen) atoms. The Labute approximate surface area is 102 Å².